The fourth-order valence-electron chi connectivity index (χ4n) is 8.30. The lowest BCUT2D eigenvalue weighted by Crippen LogP contribution is -2.49. The first-order chi connectivity index (χ1) is 26.7. The zero-order valence-electron chi connectivity index (χ0n) is 30.8. The minimum atomic E-state index is -2.86. The number of anilines is 3. The van der Waals surface area contributed by atoms with Gasteiger partial charge < -0.3 is 25.8 Å². The second-order valence-corrected chi connectivity index (χ2v) is 15.1. The van der Waals surface area contributed by atoms with Crippen molar-refractivity contribution in [1.29, 1.82) is 0 Å². The lowest BCUT2D eigenvalue weighted by Gasteiger charge is -2.38. The van der Waals surface area contributed by atoms with Gasteiger partial charge in [-0.25, -0.2) is 18.3 Å². The predicted octanol–water partition coefficient (Wildman–Crippen LogP) is 3.02. The van der Waals surface area contributed by atoms with E-state index in [2.05, 4.69) is 52.6 Å². The molecule has 17 heteroatoms. The Labute approximate surface area is 317 Å². The number of nitrogens with two attached hydrogens (primary N) is 1. The molecule has 2 atom stereocenters. The van der Waals surface area contributed by atoms with Crippen LogP contribution < -0.4 is 26.2 Å². The summed E-state index contributed by atoms with van der Waals surface area (Å²) in [5.41, 5.74) is 8.31. The quantitative estimate of drug-likeness (QED) is 0.204. The molecule has 292 valence electrons. The van der Waals surface area contributed by atoms with Crippen LogP contribution in [0, 0.1) is 0 Å². The van der Waals surface area contributed by atoms with Crippen LogP contribution >= 0.6 is 0 Å². The number of carbonyl (C=O) groups excluding carboxylic acids is 3. The summed E-state index contributed by atoms with van der Waals surface area (Å²) >= 11 is 0. The summed E-state index contributed by atoms with van der Waals surface area (Å²) in [4.78, 5) is 51.3. The van der Waals surface area contributed by atoms with E-state index in [-0.39, 0.29) is 41.1 Å². The van der Waals surface area contributed by atoms with Gasteiger partial charge in [-0.05, 0) is 55.9 Å². The molecule has 4 aliphatic heterocycles. The van der Waals surface area contributed by atoms with Crippen LogP contribution in [0.4, 0.5) is 26.0 Å². The first kappa shape index (κ1) is 36.9. The van der Waals surface area contributed by atoms with Crippen molar-refractivity contribution in [1.82, 2.24) is 39.5 Å². The van der Waals surface area contributed by atoms with Gasteiger partial charge in [0.15, 0.2) is 11.3 Å². The summed E-state index contributed by atoms with van der Waals surface area (Å²) in [7, 11) is 0. The van der Waals surface area contributed by atoms with E-state index in [4.69, 9.17) is 10.7 Å². The van der Waals surface area contributed by atoms with E-state index >= 15 is 0 Å². The van der Waals surface area contributed by atoms with E-state index in [9.17, 15) is 23.2 Å². The van der Waals surface area contributed by atoms with Crippen molar-refractivity contribution in [3.05, 3.63) is 65.7 Å². The number of alkyl halides is 2. The summed E-state index contributed by atoms with van der Waals surface area (Å²) in [6.45, 7) is 8.73. The number of nitrogens with one attached hydrogen (secondary N) is 2. The first-order valence-electron chi connectivity index (χ1n) is 19.4. The third-order valence-corrected chi connectivity index (χ3v) is 11.5. The van der Waals surface area contributed by atoms with Gasteiger partial charge in [0.25, 0.3) is 12.3 Å². The predicted molar refractivity (Wildman–Crippen MR) is 202 cm³/mol. The normalized spacial score (nSPS) is 22.1. The summed E-state index contributed by atoms with van der Waals surface area (Å²) in [6.07, 6.45) is 6.16. The molecule has 2 unspecified atom stereocenters. The summed E-state index contributed by atoms with van der Waals surface area (Å²) in [5.74, 6) is -0.576. The molecule has 4 saturated heterocycles. The van der Waals surface area contributed by atoms with Crippen molar-refractivity contribution in [3.8, 4) is 0 Å². The summed E-state index contributed by atoms with van der Waals surface area (Å²) in [5, 5.41) is 13.6. The third-order valence-electron chi connectivity index (χ3n) is 11.5. The van der Waals surface area contributed by atoms with E-state index < -0.39 is 18.0 Å². The Kier molecular flexibility index (Phi) is 10.7. The largest absolute Gasteiger partial charge is 0.369 e. The topological polar surface area (TPSA) is 162 Å². The zero-order valence-corrected chi connectivity index (χ0v) is 30.8. The van der Waals surface area contributed by atoms with Crippen LogP contribution in [0.25, 0.3) is 5.65 Å². The number of piperazine rings is 1. The number of hydrogen-bond acceptors (Lipinski definition) is 11. The number of halogens is 2. The first-order valence-corrected chi connectivity index (χ1v) is 19.4. The van der Waals surface area contributed by atoms with Crippen LogP contribution in [0.5, 0.6) is 0 Å². The highest BCUT2D eigenvalue weighted by Gasteiger charge is 2.30. The molecule has 1 aromatic carbocycles. The van der Waals surface area contributed by atoms with E-state index in [0.717, 1.165) is 95.8 Å². The molecule has 55 heavy (non-hydrogen) atoms. The molecule has 4 aromatic rings. The Morgan fingerprint density at radius 2 is 1.67 bits per heavy atom. The number of amides is 3. The van der Waals surface area contributed by atoms with Gasteiger partial charge in [-0.15, -0.1) is 0 Å². The van der Waals surface area contributed by atoms with Crippen LogP contribution in [-0.2, 0) is 9.59 Å². The van der Waals surface area contributed by atoms with E-state index in [1.54, 1.807) is 10.9 Å². The van der Waals surface area contributed by atoms with Crippen LogP contribution in [0.1, 0.15) is 78.5 Å². The second kappa shape index (κ2) is 16.0. The zero-order chi connectivity index (χ0) is 38.1. The molecule has 7 heterocycles. The van der Waals surface area contributed by atoms with Gasteiger partial charge in [-0.3, -0.25) is 29.3 Å². The number of carbonyl (C=O) groups is 3. The number of likely N-dealkylation sites (tertiary alicyclic amines) is 1. The molecular weight excluding hydrogens is 710 g/mol. The Balaban J connectivity index is 0.815. The van der Waals surface area contributed by atoms with Gasteiger partial charge in [-0.1, -0.05) is 12.1 Å². The summed E-state index contributed by atoms with van der Waals surface area (Å²) < 4.78 is 31.5. The van der Waals surface area contributed by atoms with Gasteiger partial charge >= 0.3 is 0 Å². The number of benzene rings is 1. The van der Waals surface area contributed by atoms with Gasteiger partial charge in [0.05, 0.1) is 23.8 Å². The highest BCUT2D eigenvalue weighted by atomic mass is 19.3. The molecule has 8 rings (SSSR count). The number of piperidine rings is 3. The van der Waals surface area contributed by atoms with Crippen molar-refractivity contribution in [3.63, 3.8) is 0 Å². The standard InChI is InChI=1S/C38H48F2N12O3/c39-35(40)34-31(43-38(55)30-22-42-51-15-11-32(44-36(30)51)50-12-1-2-26(41)23-50)24-52(46-34)28-9-13-47(14-10-28)16-17-48-18-20-49(21-19-48)27-5-3-25(4-6-27)29-7-8-33(53)45-37(29)54/h3-6,11,15,22,24,26,28-29,35H,1-2,7-10,12-14,16-21,23,41H2,(H,43,55)(H,45,53,54). The Hall–Kier alpha value is -5.00. The van der Waals surface area contributed by atoms with Crippen LogP contribution in [0.2, 0.25) is 0 Å². The van der Waals surface area contributed by atoms with Gasteiger partial charge in [0.1, 0.15) is 11.4 Å². The Bertz CT molecular complexity index is 2000. The van der Waals surface area contributed by atoms with Crippen molar-refractivity contribution < 1.29 is 23.2 Å². The molecule has 0 radical (unpaired) electrons. The number of rotatable bonds is 10. The highest BCUT2D eigenvalue weighted by molar-refractivity contribution is 6.08. The molecule has 0 spiro atoms. The molecule has 0 bridgehead atoms. The van der Waals surface area contributed by atoms with Crippen LogP contribution in [0.3, 0.4) is 0 Å². The average molecular weight is 759 g/mol. The van der Waals surface area contributed by atoms with Gasteiger partial charge in [0.2, 0.25) is 11.8 Å². The molecule has 4 N–H and O–H groups in total. The Morgan fingerprint density at radius 3 is 2.38 bits per heavy atom. The Morgan fingerprint density at radius 1 is 0.927 bits per heavy atom. The maximum absolute atomic E-state index is 14.2. The minimum absolute atomic E-state index is 0.00987. The summed E-state index contributed by atoms with van der Waals surface area (Å²) in [6, 6.07) is 9.98. The van der Waals surface area contributed by atoms with Crippen molar-refractivity contribution in [2.24, 2.45) is 5.73 Å². The lowest BCUT2D eigenvalue weighted by atomic mass is 9.90. The fraction of sp³-hybridized carbons (Fsp3) is 0.526. The van der Waals surface area contributed by atoms with E-state index in [1.165, 1.54) is 16.9 Å². The lowest BCUT2D eigenvalue weighted by molar-refractivity contribution is -0.134. The molecule has 3 amide bonds. The van der Waals surface area contributed by atoms with Gasteiger partial charge in [0, 0.05) is 96.0 Å². The third kappa shape index (κ3) is 8.18. The van der Waals surface area contributed by atoms with E-state index in [1.807, 2.05) is 18.2 Å². The number of nitrogens with zero attached hydrogens (tertiary/aromatic N) is 9. The number of aromatic nitrogens is 5. The van der Waals surface area contributed by atoms with Crippen LogP contribution in [0.15, 0.2) is 48.9 Å². The molecule has 0 saturated carbocycles. The average Bonchev–Trinajstić information content (AvgIpc) is 3.82. The number of imide groups is 1. The van der Waals surface area contributed by atoms with E-state index in [0.29, 0.717) is 30.9 Å². The molecule has 4 fully saturated rings. The van der Waals surface area contributed by atoms with Crippen LogP contribution in [-0.4, -0.2) is 123 Å². The monoisotopic (exact) mass is 758 g/mol. The maximum atomic E-state index is 14.2. The fourth-order valence-corrected chi connectivity index (χ4v) is 8.30. The maximum Gasteiger partial charge on any atom is 0.284 e. The highest BCUT2D eigenvalue weighted by Crippen LogP contribution is 2.31. The SMILES string of the molecule is NC1CCCN(c2ccn3ncc(C(=O)Nc4cn(C5CCN(CCN6CCN(c7ccc(C8CCC(=O)NC8=O)cc7)CC6)CC5)nc4C(F)F)c3n2)C1. The molecule has 15 nitrogen and oxygen atoms in total. The van der Waals surface area contributed by atoms with Crippen molar-refractivity contribution >= 4 is 40.6 Å². The number of fused-ring (bicyclic) bond motifs is 1. The second-order valence-electron chi connectivity index (χ2n) is 15.1. The molecular formula is C38H48F2N12O3. The molecule has 0 aliphatic carbocycles. The number of hydrogen-bond donors (Lipinski definition) is 3. The van der Waals surface area contributed by atoms with Gasteiger partial charge in [-0.2, -0.15) is 10.2 Å². The minimum Gasteiger partial charge on any atom is -0.369 e. The molecule has 3 aromatic heterocycles. The van der Waals surface area contributed by atoms with Crippen molar-refractivity contribution in [2.75, 3.05) is 80.6 Å². The molecule has 4 aliphatic rings. The smallest absolute Gasteiger partial charge is 0.284 e. The van der Waals surface area contributed by atoms with Crippen molar-refractivity contribution in [2.45, 2.75) is 63.0 Å².